The largest absolute Gasteiger partial charge is 0.293 e. The maximum absolute atomic E-state index is 12.4. The number of aryl methyl sites for hydroxylation is 1. The number of piperidine rings is 1. The van der Waals surface area contributed by atoms with Crippen LogP contribution in [0.4, 0.5) is 0 Å². The normalized spacial score (nSPS) is 28.1. The van der Waals surface area contributed by atoms with Crippen molar-refractivity contribution in [2.24, 2.45) is 5.92 Å². The van der Waals surface area contributed by atoms with E-state index in [1.54, 1.807) is 11.3 Å². The Morgan fingerprint density at radius 2 is 2.05 bits per heavy atom. The third-order valence-corrected chi connectivity index (χ3v) is 5.76. The van der Waals surface area contributed by atoms with Crippen LogP contribution >= 0.6 is 11.3 Å². The van der Waals surface area contributed by atoms with E-state index in [0.29, 0.717) is 18.4 Å². The predicted molar refractivity (Wildman–Crippen MR) is 79.9 cm³/mol. The van der Waals surface area contributed by atoms with Crippen LogP contribution in [0.1, 0.15) is 53.1 Å². The molecule has 1 aromatic rings. The molecule has 3 rings (SSSR count). The predicted octanol–water partition coefficient (Wildman–Crippen LogP) is 3.89. The highest BCUT2D eigenvalue weighted by molar-refractivity contribution is 7.14. The lowest BCUT2D eigenvalue weighted by Gasteiger charge is -2.43. The van der Waals surface area contributed by atoms with Crippen molar-refractivity contribution in [1.29, 1.82) is 0 Å². The van der Waals surface area contributed by atoms with Crippen molar-refractivity contribution in [3.8, 4) is 0 Å². The Bertz CT molecular complexity index is 451. The summed E-state index contributed by atoms with van der Waals surface area (Å²) in [6, 6.07) is 4.73. The van der Waals surface area contributed by atoms with Crippen LogP contribution in [0.2, 0.25) is 0 Å². The number of carbonyl (C=O) groups is 1. The number of ketones is 1. The number of hydrogen-bond donors (Lipinski definition) is 0. The summed E-state index contributed by atoms with van der Waals surface area (Å²) in [4.78, 5) is 17.0. The average Bonchev–Trinajstić information content (AvgIpc) is 2.86. The van der Waals surface area contributed by atoms with Crippen molar-refractivity contribution in [3.05, 3.63) is 21.9 Å². The summed E-state index contributed by atoms with van der Waals surface area (Å²) in [5.41, 5.74) is 0. The van der Waals surface area contributed by atoms with E-state index in [2.05, 4.69) is 17.9 Å². The van der Waals surface area contributed by atoms with Crippen LogP contribution in [0.5, 0.6) is 0 Å². The first-order chi connectivity index (χ1) is 9.24. The highest BCUT2D eigenvalue weighted by Gasteiger charge is 2.34. The SMILES string of the molecule is Cc1ccc(C(=O)CN2CCC[C@H]3CCCC[C@H]32)s1. The van der Waals surface area contributed by atoms with Gasteiger partial charge in [0.2, 0.25) is 0 Å². The number of carbonyl (C=O) groups excluding carboxylic acids is 1. The second-order valence-corrected chi connectivity index (χ2v) is 7.35. The van der Waals surface area contributed by atoms with Crippen LogP contribution in [-0.4, -0.2) is 29.8 Å². The Labute approximate surface area is 119 Å². The lowest BCUT2D eigenvalue weighted by molar-refractivity contribution is 0.0541. The van der Waals surface area contributed by atoms with E-state index < -0.39 is 0 Å². The minimum Gasteiger partial charge on any atom is -0.293 e. The molecule has 2 atom stereocenters. The molecule has 2 heterocycles. The lowest BCUT2D eigenvalue weighted by Crippen LogP contribution is -2.48. The van der Waals surface area contributed by atoms with Gasteiger partial charge in [0, 0.05) is 10.9 Å². The van der Waals surface area contributed by atoms with Gasteiger partial charge in [0.1, 0.15) is 0 Å². The van der Waals surface area contributed by atoms with E-state index in [0.717, 1.165) is 17.3 Å². The number of likely N-dealkylation sites (tertiary alicyclic amines) is 1. The van der Waals surface area contributed by atoms with E-state index in [9.17, 15) is 4.79 Å². The fourth-order valence-corrected chi connectivity index (χ4v) is 4.57. The fraction of sp³-hybridized carbons (Fsp3) is 0.688. The molecule has 1 aromatic heterocycles. The molecule has 3 heteroatoms. The van der Waals surface area contributed by atoms with Gasteiger partial charge in [-0.05, 0) is 57.2 Å². The topological polar surface area (TPSA) is 20.3 Å². The monoisotopic (exact) mass is 277 g/mol. The van der Waals surface area contributed by atoms with Gasteiger partial charge in [-0.25, -0.2) is 0 Å². The molecule has 0 unspecified atom stereocenters. The first-order valence-corrected chi connectivity index (χ1v) is 8.39. The molecular weight excluding hydrogens is 254 g/mol. The number of Topliss-reactive ketones (excluding diaryl/α,β-unsaturated/α-hetero) is 1. The molecule has 0 N–H and O–H groups in total. The Hall–Kier alpha value is -0.670. The van der Waals surface area contributed by atoms with Crippen LogP contribution < -0.4 is 0 Å². The number of hydrogen-bond acceptors (Lipinski definition) is 3. The standard InChI is InChI=1S/C16H23NOS/c1-12-8-9-16(19-12)15(18)11-17-10-4-6-13-5-2-3-7-14(13)17/h8-9,13-14H,2-7,10-11H2,1H3/t13-,14-/m1/s1. The molecule has 0 radical (unpaired) electrons. The van der Waals surface area contributed by atoms with Crippen LogP contribution in [0.3, 0.4) is 0 Å². The van der Waals surface area contributed by atoms with Crippen molar-refractivity contribution in [3.63, 3.8) is 0 Å². The minimum atomic E-state index is 0.323. The summed E-state index contributed by atoms with van der Waals surface area (Å²) < 4.78 is 0. The van der Waals surface area contributed by atoms with Gasteiger partial charge < -0.3 is 0 Å². The maximum atomic E-state index is 12.4. The second kappa shape index (κ2) is 5.76. The number of rotatable bonds is 3. The molecular formula is C16H23NOS. The summed E-state index contributed by atoms with van der Waals surface area (Å²) in [6.45, 7) is 3.83. The van der Waals surface area contributed by atoms with Crippen LogP contribution in [0, 0.1) is 12.8 Å². The third kappa shape index (κ3) is 2.92. The minimum absolute atomic E-state index is 0.323. The van der Waals surface area contributed by atoms with Gasteiger partial charge in [-0.1, -0.05) is 12.8 Å². The van der Waals surface area contributed by atoms with E-state index >= 15 is 0 Å². The fourth-order valence-electron chi connectivity index (χ4n) is 3.77. The van der Waals surface area contributed by atoms with E-state index in [1.807, 2.05) is 6.07 Å². The molecule has 1 saturated carbocycles. The van der Waals surface area contributed by atoms with Crippen molar-refractivity contribution >= 4 is 17.1 Å². The van der Waals surface area contributed by atoms with Gasteiger partial charge in [0.25, 0.3) is 0 Å². The molecule has 0 amide bonds. The maximum Gasteiger partial charge on any atom is 0.186 e. The van der Waals surface area contributed by atoms with Gasteiger partial charge >= 0.3 is 0 Å². The first kappa shape index (κ1) is 13.3. The van der Waals surface area contributed by atoms with Gasteiger partial charge in [-0.15, -0.1) is 11.3 Å². The average molecular weight is 277 g/mol. The molecule has 0 aromatic carbocycles. The van der Waals surface area contributed by atoms with E-state index in [1.165, 1.54) is 43.4 Å². The van der Waals surface area contributed by atoms with Crippen molar-refractivity contribution < 1.29 is 4.79 Å². The summed E-state index contributed by atoms with van der Waals surface area (Å²) >= 11 is 1.64. The summed E-state index contributed by atoms with van der Waals surface area (Å²) in [6.07, 6.45) is 8.09. The van der Waals surface area contributed by atoms with E-state index in [-0.39, 0.29) is 0 Å². The number of nitrogens with zero attached hydrogens (tertiary/aromatic N) is 1. The van der Waals surface area contributed by atoms with Gasteiger partial charge in [-0.3, -0.25) is 9.69 Å². The van der Waals surface area contributed by atoms with Crippen molar-refractivity contribution in [1.82, 2.24) is 4.90 Å². The highest BCUT2D eigenvalue weighted by Crippen LogP contribution is 2.35. The molecule has 2 nitrogen and oxygen atoms in total. The quantitative estimate of drug-likeness (QED) is 0.781. The van der Waals surface area contributed by atoms with E-state index in [4.69, 9.17) is 0 Å². The third-order valence-electron chi connectivity index (χ3n) is 4.72. The van der Waals surface area contributed by atoms with Crippen LogP contribution in [0.15, 0.2) is 12.1 Å². The van der Waals surface area contributed by atoms with Crippen molar-refractivity contribution in [2.75, 3.05) is 13.1 Å². The zero-order chi connectivity index (χ0) is 13.2. The summed E-state index contributed by atoms with van der Waals surface area (Å²) in [7, 11) is 0. The van der Waals surface area contributed by atoms with Crippen molar-refractivity contribution in [2.45, 2.75) is 51.5 Å². The second-order valence-electron chi connectivity index (χ2n) is 6.06. The molecule has 1 saturated heterocycles. The Morgan fingerprint density at radius 3 is 2.84 bits per heavy atom. The molecule has 19 heavy (non-hydrogen) atoms. The number of thiophene rings is 1. The highest BCUT2D eigenvalue weighted by atomic mass is 32.1. The van der Waals surface area contributed by atoms with Crippen LogP contribution in [-0.2, 0) is 0 Å². The first-order valence-electron chi connectivity index (χ1n) is 7.58. The molecule has 2 aliphatic rings. The lowest BCUT2D eigenvalue weighted by atomic mass is 9.78. The zero-order valence-corrected chi connectivity index (χ0v) is 12.5. The summed E-state index contributed by atoms with van der Waals surface area (Å²) in [5, 5.41) is 0. The van der Waals surface area contributed by atoms with Crippen LogP contribution in [0.25, 0.3) is 0 Å². The molecule has 1 aliphatic heterocycles. The Kier molecular flexibility index (Phi) is 4.04. The Morgan fingerprint density at radius 1 is 1.26 bits per heavy atom. The molecule has 104 valence electrons. The summed E-state index contributed by atoms with van der Waals surface area (Å²) in [5.74, 6) is 1.18. The zero-order valence-electron chi connectivity index (χ0n) is 11.7. The Balaban J connectivity index is 1.66. The van der Waals surface area contributed by atoms with Gasteiger partial charge in [0.05, 0.1) is 11.4 Å². The van der Waals surface area contributed by atoms with Gasteiger partial charge in [0.15, 0.2) is 5.78 Å². The van der Waals surface area contributed by atoms with Gasteiger partial charge in [-0.2, -0.15) is 0 Å². The number of fused-ring (bicyclic) bond motifs is 1. The smallest absolute Gasteiger partial charge is 0.186 e. The molecule has 1 aliphatic carbocycles. The molecule has 0 bridgehead atoms. The molecule has 2 fully saturated rings. The molecule has 0 spiro atoms.